The number of esters is 1. The van der Waals surface area contributed by atoms with E-state index >= 15 is 0 Å². The Morgan fingerprint density at radius 3 is 2.44 bits per heavy atom. The third kappa shape index (κ3) is 5.85. The number of nitrogens with zero attached hydrogens (tertiary/aromatic N) is 2. The number of aromatic nitrogens is 1. The second-order valence-corrected chi connectivity index (χ2v) is 8.99. The van der Waals surface area contributed by atoms with Gasteiger partial charge in [-0.1, -0.05) is 29.8 Å². The van der Waals surface area contributed by atoms with Gasteiger partial charge in [-0.15, -0.1) is 11.3 Å². The van der Waals surface area contributed by atoms with Gasteiger partial charge in [0.25, 0.3) is 11.8 Å². The third-order valence-corrected chi connectivity index (χ3v) is 6.41. The van der Waals surface area contributed by atoms with Crippen LogP contribution in [-0.4, -0.2) is 47.4 Å². The van der Waals surface area contributed by atoms with E-state index in [1.165, 1.54) is 35.6 Å². The van der Waals surface area contributed by atoms with Crippen LogP contribution in [0, 0.1) is 18.7 Å². The second-order valence-electron chi connectivity index (χ2n) is 8.13. The van der Waals surface area contributed by atoms with E-state index in [2.05, 4.69) is 10.3 Å². The Balaban J connectivity index is 1.21. The number of likely N-dealkylation sites (tertiary alicyclic amines) is 1. The van der Waals surface area contributed by atoms with Gasteiger partial charge in [0.2, 0.25) is 0 Å². The molecule has 9 heteroatoms. The lowest BCUT2D eigenvalue weighted by Crippen LogP contribution is -2.41. The number of rotatable bonds is 6. The van der Waals surface area contributed by atoms with Crippen LogP contribution in [0.15, 0.2) is 53.9 Å². The smallest absolute Gasteiger partial charge is 0.309 e. The predicted molar refractivity (Wildman–Crippen MR) is 127 cm³/mol. The van der Waals surface area contributed by atoms with Gasteiger partial charge in [-0.25, -0.2) is 9.37 Å². The SMILES string of the molecule is Cc1ccc(-c2csc(NC(=O)COC(=O)C3CCN(C(=O)c4ccc(F)cc4)CC3)n2)cc1. The topological polar surface area (TPSA) is 88.6 Å². The van der Waals surface area contributed by atoms with Gasteiger partial charge in [0, 0.05) is 29.6 Å². The Morgan fingerprint density at radius 1 is 1.09 bits per heavy atom. The first-order valence-electron chi connectivity index (χ1n) is 10.9. The Hall–Kier alpha value is -3.59. The van der Waals surface area contributed by atoms with Crippen LogP contribution in [0.1, 0.15) is 28.8 Å². The van der Waals surface area contributed by atoms with Crippen LogP contribution in [-0.2, 0) is 14.3 Å². The summed E-state index contributed by atoms with van der Waals surface area (Å²) < 4.78 is 18.3. The van der Waals surface area contributed by atoms with Gasteiger partial charge in [-0.05, 0) is 44.0 Å². The molecule has 3 aromatic rings. The molecule has 0 atom stereocenters. The van der Waals surface area contributed by atoms with Gasteiger partial charge in [0.15, 0.2) is 11.7 Å². The van der Waals surface area contributed by atoms with E-state index in [-0.39, 0.29) is 11.8 Å². The predicted octanol–water partition coefficient (Wildman–Crippen LogP) is 4.29. The third-order valence-electron chi connectivity index (χ3n) is 5.65. The molecule has 0 unspecified atom stereocenters. The van der Waals surface area contributed by atoms with Gasteiger partial charge < -0.3 is 9.64 Å². The number of anilines is 1. The normalized spacial score (nSPS) is 14.0. The molecule has 4 rings (SSSR count). The lowest BCUT2D eigenvalue weighted by molar-refractivity contribution is -0.152. The van der Waals surface area contributed by atoms with Crippen molar-refractivity contribution in [3.63, 3.8) is 0 Å². The van der Waals surface area contributed by atoms with Crippen LogP contribution >= 0.6 is 11.3 Å². The first kappa shape index (κ1) is 23.6. The first-order chi connectivity index (χ1) is 16.4. The molecule has 1 saturated heterocycles. The molecule has 0 aliphatic carbocycles. The first-order valence-corrected chi connectivity index (χ1v) is 11.8. The van der Waals surface area contributed by atoms with Crippen molar-refractivity contribution in [2.75, 3.05) is 25.0 Å². The van der Waals surface area contributed by atoms with Crippen LogP contribution < -0.4 is 5.32 Å². The van der Waals surface area contributed by atoms with Crippen LogP contribution in [0.25, 0.3) is 11.3 Å². The lowest BCUT2D eigenvalue weighted by atomic mass is 9.96. The number of aryl methyl sites for hydroxylation is 1. The van der Waals surface area contributed by atoms with Gasteiger partial charge in [-0.2, -0.15) is 0 Å². The summed E-state index contributed by atoms with van der Waals surface area (Å²) in [5.74, 6) is -1.88. The minimum Gasteiger partial charge on any atom is -0.455 e. The maximum absolute atomic E-state index is 13.1. The number of thiazole rings is 1. The van der Waals surface area contributed by atoms with Crippen LogP contribution in [0.3, 0.4) is 0 Å². The van der Waals surface area contributed by atoms with Crippen molar-refractivity contribution >= 4 is 34.3 Å². The Kier molecular flexibility index (Phi) is 7.32. The molecule has 1 aliphatic heterocycles. The van der Waals surface area contributed by atoms with E-state index < -0.39 is 24.3 Å². The summed E-state index contributed by atoms with van der Waals surface area (Å²) >= 11 is 1.30. The summed E-state index contributed by atoms with van der Waals surface area (Å²) in [5.41, 5.74) is 3.28. The number of piperidine rings is 1. The number of carbonyl (C=O) groups excluding carboxylic acids is 3. The van der Waals surface area contributed by atoms with Gasteiger partial charge in [-0.3, -0.25) is 19.7 Å². The number of nitrogens with one attached hydrogen (secondary N) is 1. The number of amides is 2. The fourth-order valence-electron chi connectivity index (χ4n) is 3.69. The van der Waals surface area contributed by atoms with E-state index in [9.17, 15) is 18.8 Å². The highest BCUT2D eigenvalue weighted by Gasteiger charge is 2.29. The van der Waals surface area contributed by atoms with Crippen LogP contribution in [0.4, 0.5) is 9.52 Å². The number of halogens is 1. The zero-order valence-electron chi connectivity index (χ0n) is 18.6. The molecule has 2 aromatic carbocycles. The molecule has 0 saturated carbocycles. The van der Waals surface area contributed by atoms with Gasteiger partial charge >= 0.3 is 5.97 Å². The standard InChI is InChI=1S/C25H24FN3O4S/c1-16-2-4-17(5-3-16)21-15-34-25(27-21)28-22(30)14-33-24(32)19-10-12-29(13-11-19)23(31)18-6-8-20(26)9-7-18/h2-9,15,19H,10-14H2,1H3,(H,27,28,30). The Bertz CT molecular complexity index is 1170. The van der Waals surface area contributed by atoms with E-state index in [4.69, 9.17) is 4.74 Å². The highest BCUT2D eigenvalue weighted by atomic mass is 32.1. The summed E-state index contributed by atoms with van der Waals surface area (Å²) in [6, 6.07) is 13.3. The van der Waals surface area contributed by atoms with Crippen LogP contribution in [0.5, 0.6) is 0 Å². The molecular formula is C25H24FN3O4S. The maximum Gasteiger partial charge on any atom is 0.309 e. The van der Waals surface area contributed by atoms with E-state index in [0.717, 1.165) is 16.8 Å². The molecule has 0 radical (unpaired) electrons. The lowest BCUT2D eigenvalue weighted by Gasteiger charge is -2.31. The average molecular weight is 482 g/mol. The largest absolute Gasteiger partial charge is 0.455 e. The van der Waals surface area contributed by atoms with E-state index in [0.29, 0.717) is 36.6 Å². The maximum atomic E-state index is 13.1. The summed E-state index contributed by atoms with van der Waals surface area (Å²) in [4.78, 5) is 43.2. The number of carbonyl (C=O) groups is 3. The highest BCUT2D eigenvalue weighted by Crippen LogP contribution is 2.25. The van der Waals surface area contributed by atoms with Crippen molar-refractivity contribution in [3.8, 4) is 11.3 Å². The fourth-order valence-corrected chi connectivity index (χ4v) is 4.43. The summed E-state index contributed by atoms with van der Waals surface area (Å²) in [6.45, 7) is 2.40. The molecule has 0 bridgehead atoms. The number of ether oxygens (including phenoxy) is 1. The average Bonchev–Trinajstić information content (AvgIpc) is 3.31. The minimum atomic E-state index is -0.456. The van der Waals surface area contributed by atoms with Crippen molar-refractivity contribution in [2.45, 2.75) is 19.8 Å². The number of benzene rings is 2. The molecule has 176 valence electrons. The molecule has 1 N–H and O–H groups in total. The molecule has 0 spiro atoms. The number of hydrogen-bond donors (Lipinski definition) is 1. The molecule has 2 amide bonds. The summed E-state index contributed by atoms with van der Waals surface area (Å²) in [5, 5.41) is 4.95. The fraction of sp³-hybridized carbons (Fsp3) is 0.280. The summed E-state index contributed by atoms with van der Waals surface area (Å²) in [7, 11) is 0. The molecular weight excluding hydrogens is 457 g/mol. The zero-order valence-corrected chi connectivity index (χ0v) is 19.4. The quantitative estimate of drug-likeness (QED) is 0.531. The van der Waals surface area contributed by atoms with Crippen molar-refractivity contribution in [2.24, 2.45) is 5.92 Å². The molecule has 1 aromatic heterocycles. The van der Waals surface area contributed by atoms with Crippen molar-refractivity contribution in [1.29, 1.82) is 0 Å². The molecule has 1 fully saturated rings. The highest BCUT2D eigenvalue weighted by molar-refractivity contribution is 7.14. The van der Waals surface area contributed by atoms with Crippen molar-refractivity contribution in [3.05, 3.63) is 70.9 Å². The van der Waals surface area contributed by atoms with Gasteiger partial charge in [0.05, 0.1) is 11.6 Å². The molecule has 1 aliphatic rings. The zero-order chi connectivity index (χ0) is 24.1. The van der Waals surface area contributed by atoms with Crippen LogP contribution in [0.2, 0.25) is 0 Å². The molecule has 2 heterocycles. The minimum absolute atomic E-state index is 0.195. The summed E-state index contributed by atoms with van der Waals surface area (Å²) in [6.07, 6.45) is 0.888. The van der Waals surface area contributed by atoms with E-state index in [1.807, 2.05) is 36.6 Å². The van der Waals surface area contributed by atoms with E-state index in [1.54, 1.807) is 4.90 Å². The second kappa shape index (κ2) is 10.6. The van der Waals surface area contributed by atoms with Gasteiger partial charge in [0.1, 0.15) is 5.82 Å². The Labute approximate surface area is 200 Å². The molecule has 7 nitrogen and oxygen atoms in total. The number of hydrogen-bond acceptors (Lipinski definition) is 6. The van der Waals surface area contributed by atoms with Crippen molar-refractivity contribution < 1.29 is 23.5 Å². The van der Waals surface area contributed by atoms with Crippen molar-refractivity contribution in [1.82, 2.24) is 9.88 Å². The molecule has 34 heavy (non-hydrogen) atoms. The monoisotopic (exact) mass is 481 g/mol. The Morgan fingerprint density at radius 2 is 1.76 bits per heavy atom.